The van der Waals surface area contributed by atoms with Gasteiger partial charge in [0.2, 0.25) is 0 Å². The first-order valence-electron chi connectivity index (χ1n) is 6.78. The van der Waals surface area contributed by atoms with Crippen LogP contribution in [0.15, 0.2) is 57.9 Å². The number of hydrogen-bond acceptors (Lipinski definition) is 4. The molecule has 112 valence electrons. The Labute approximate surface area is 127 Å². The summed E-state index contributed by atoms with van der Waals surface area (Å²) in [5, 5.41) is 3.34. The molecule has 0 radical (unpaired) electrons. The van der Waals surface area contributed by atoms with Crippen LogP contribution in [0.1, 0.15) is 23.8 Å². The van der Waals surface area contributed by atoms with Gasteiger partial charge in [0.1, 0.15) is 11.5 Å². The van der Waals surface area contributed by atoms with E-state index in [4.69, 9.17) is 14.7 Å². The van der Waals surface area contributed by atoms with Crippen LogP contribution in [0, 0.1) is 0 Å². The number of benzene rings is 1. The van der Waals surface area contributed by atoms with Crippen molar-refractivity contribution in [1.29, 1.82) is 0 Å². The fraction of sp³-hybridized carbons (Fsp3) is 0.188. The van der Waals surface area contributed by atoms with Crippen LogP contribution < -0.4 is 0 Å². The number of azide groups is 1. The van der Waals surface area contributed by atoms with E-state index in [-0.39, 0.29) is 12.3 Å². The minimum absolute atomic E-state index is 0.134. The van der Waals surface area contributed by atoms with Gasteiger partial charge in [-0.1, -0.05) is 35.4 Å². The van der Waals surface area contributed by atoms with Crippen molar-refractivity contribution in [2.45, 2.75) is 13.3 Å². The van der Waals surface area contributed by atoms with Crippen LogP contribution in [0.4, 0.5) is 0 Å². The molecule has 22 heavy (non-hydrogen) atoms. The lowest BCUT2D eigenvalue weighted by atomic mass is 10.1. The largest absolute Gasteiger partial charge is 0.465 e. The third kappa shape index (κ3) is 4.26. The molecule has 0 N–H and O–H groups in total. The summed E-state index contributed by atoms with van der Waals surface area (Å²) < 4.78 is 10.2. The minimum atomic E-state index is -0.679. The van der Waals surface area contributed by atoms with Crippen molar-refractivity contribution in [1.82, 2.24) is 0 Å². The molecule has 0 atom stereocenters. The molecule has 1 aromatic heterocycles. The molecular weight excluding hydrogens is 282 g/mol. The van der Waals surface area contributed by atoms with Gasteiger partial charge in [-0.05, 0) is 35.7 Å². The fourth-order valence-corrected chi connectivity index (χ4v) is 1.91. The second-order valence-electron chi connectivity index (χ2n) is 4.46. The van der Waals surface area contributed by atoms with Gasteiger partial charge in [0.05, 0.1) is 12.9 Å². The van der Waals surface area contributed by atoms with Crippen LogP contribution in [0.3, 0.4) is 0 Å². The number of furan rings is 1. The van der Waals surface area contributed by atoms with E-state index in [1.165, 1.54) is 6.08 Å². The molecule has 0 unspecified atom stereocenters. The zero-order valence-electron chi connectivity index (χ0n) is 12.1. The highest BCUT2D eigenvalue weighted by Crippen LogP contribution is 2.17. The van der Waals surface area contributed by atoms with Gasteiger partial charge in [-0.2, -0.15) is 0 Å². The molecule has 0 aliphatic heterocycles. The highest BCUT2D eigenvalue weighted by molar-refractivity contribution is 5.92. The molecule has 2 rings (SSSR count). The highest BCUT2D eigenvalue weighted by Gasteiger charge is 2.10. The first-order valence-corrected chi connectivity index (χ1v) is 6.78. The molecule has 2 aromatic rings. The van der Waals surface area contributed by atoms with E-state index < -0.39 is 5.97 Å². The Bertz CT molecular complexity index is 713. The summed E-state index contributed by atoms with van der Waals surface area (Å²) in [7, 11) is 0. The lowest BCUT2D eigenvalue weighted by Crippen LogP contribution is -2.05. The maximum absolute atomic E-state index is 11.6. The molecule has 0 fully saturated rings. The van der Waals surface area contributed by atoms with Crippen LogP contribution in [0.5, 0.6) is 0 Å². The molecular formula is C16H15N3O3. The topological polar surface area (TPSA) is 88.2 Å². The zero-order valence-corrected chi connectivity index (χ0v) is 12.1. The first-order chi connectivity index (χ1) is 10.7. The van der Waals surface area contributed by atoms with Crippen molar-refractivity contribution < 1.29 is 13.9 Å². The van der Waals surface area contributed by atoms with E-state index in [2.05, 4.69) is 10.0 Å². The van der Waals surface area contributed by atoms with Gasteiger partial charge in [0.25, 0.3) is 0 Å². The predicted octanol–water partition coefficient (Wildman–Crippen LogP) is 4.08. The van der Waals surface area contributed by atoms with Gasteiger partial charge in [0, 0.05) is 11.3 Å². The Morgan fingerprint density at radius 3 is 2.82 bits per heavy atom. The average Bonchev–Trinajstić information content (AvgIpc) is 2.95. The molecule has 1 heterocycles. The van der Waals surface area contributed by atoms with Crippen LogP contribution in [0.25, 0.3) is 16.5 Å². The SMILES string of the molecule is CCOC(=O)/C(=C/c1cc(Cc2ccccc2)co1)N=[N+]=[N-]. The van der Waals surface area contributed by atoms with Gasteiger partial charge in [0.15, 0.2) is 0 Å². The number of carbonyl (C=O) groups is 1. The lowest BCUT2D eigenvalue weighted by Gasteiger charge is -1.99. The summed E-state index contributed by atoms with van der Waals surface area (Å²) >= 11 is 0. The quantitative estimate of drug-likeness (QED) is 0.264. The zero-order chi connectivity index (χ0) is 15.8. The molecule has 0 bridgehead atoms. The van der Waals surface area contributed by atoms with Crippen molar-refractivity contribution in [2.24, 2.45) is 5.11 Å². The Morgan fingerprint density at radius 2 is 2.14 bits per heavy atom. The standard InChI is InChI=1S/C16H15N3O3/c1-2-21-16(20)15(18-19-17)10-14-9-13(11-22-14)8-12-6-4-3-5-7-12/h3-7,9-11H,2,8H2,1H3/b15-10-. The third-order valence-electron chi connectivity index (χ3n) is 2.84. The summed E-state index contributed by atoms with van der Waals surface area (Å²) in [6, 6.07) is 11.7. The predicted molar refractivity (Wildman–Crippen MR) is 81.7 cm³/mol. The molecule has 0 amide bonds. The number of nitrogens with zero attached hydrogens (tertiary/aromatic N) is 3. The van der Waals surface area contributed by atoms with Crippen LogP contribution in [-0.4, -0.2) is 12.6 Å². The molecule has 6 nitrogen and oxygen atoms in total. The smallest absolute Gasteiger partial charge is 0.340 e. The number of rotatable bonds is 6. The van der Waals surface area contributed by atoms with E-state index in [0.717, 1.165) is 11.1 Å². The minimum Gasteiger partial charge on any atom is -0.465 e. The number of hydrogen-bond donors (Lipinski definition) is 0. The summed E-state index contributed by atoms with van der Waals surface area (Å²) in [5.74, 6) is -0.248. The summed E-state index contributed by atoms with van der Waals surface area (Å²) in [5.41, 5.74) is 10.5. The Kier molecular flexibility index (Phi) is 5.40. The highest BCUT2D eigenvalue weighted by atomic mass is 16.5. The van der Waals surface area contributed by atoms with Crippen LogP contribution in [-0.2, 0) is 16.0 Å². The van der Waals surface area contributed by atoms with Crippen LogP contribution >= 0.6 is 0 Å². The molecule has 0 saturated heterocycles. The summed E-state index contributed by atoms with van der Waals surface area (Å²) in [6.07, 6.45) is 3.69. The van der Waals surface area contributed by atoms with E-state index in [1.807, 2.05) is 30.3 Å². The average molecular weight is 297 g/mol. The molecule has 0 aliphatic rings. The van der Waals surface area contributed by atoms with E-state index in [0.29, 0.717) is 12.2 Å². The Hall–Kier alpha value is -2.98. The lowest BCUT2D eigenvalue weighted by molar-refractivity contribution is -0.138. The van der Waals surface area contributed by atoms with Gasteiger partial charge in [-0.15, -0.1) is 0 Å². The van der Waals surface area contributed by atoms with E-state index in [9.17, 15) is 4.79 Å². The Morgan fingerprint density at radius 1 is 1.36 bits per heavy atom. The molecule has 0 spiro atoms. The van der Waals surface area contributed by atoms with Gasteiger partial charge >= 0.3 is 5.97 Å². The molecule has 0 aliphatic carbocycles. The fourth-order valence-electron chi connectivity index (χ4n) is 1.91. The van der Waals surface area contributed by atoms with Crippen molar-refractivity contribution >= 4 is 12.0 Å². The number of ether oxygens (including phenoxy) is 1. The number of carbonyl (C=O) groups excluding carboxylic acids is 1. The normalized spacial score (nSPS) is 10.9. The second kappa shape index (κ2) is 7.71. The van der Waals surface area contributed by atoms with Crippen LogP contribution in [0.2, 0.25) is 0 Å². The van der Waals surface area contributed by atoms with E-state index in [1.54, 1.807) is 19.3 Å². The van der Waals surface area contributed by atoms with Gasteiger partial charge in [-0.25, -0.2) is 4.79 Å². The Balaban J connectivity index is 2.17. The monoisotopic (exact) mass is 297 g/mol. The van der Waals surface area contributed by atoms with Gasteiger partial charge < -0.3 is 9.15 Å². The van der Waals surface area contributed by atoms with Crippen molar-refractivity contribution in [3.8, 4) is 0 Å². The maximum atomic E-state index is 11.6. The molecule has 1 aromatic carbocycles. The first kappa shape index (κ1) is 15.4. The van der Waals surface area contributed by atoms with Crippen molar-refractivity contribution in [3.05, 3.63) is 75.7 Å². The molecule has 0 saturated carbocycles. The van der Waals surface area contributed by atoms with Crippen molar-refractivity contribution in [3.63, 3.8) is 0 Å². The second-order valence-corrected chi connectivity index (χ2v) is 4.46. The number of esters is 1. The maximum Gasteiger partial charge on any atom is 0.340 e. The van der Waals surface area contributed by atoms with Crippen molar-refractivity contribution in [2.75, 3.05) is 6.61 Å². The van der Waals surface area contributed by atoms with Gasteiger partial charge in [-0.3, -0.25) is 0 Å². The summed E-state index contributed by atoms with van der Waals surface area (Å²) in [4.78, 5) is 14.3. The van der Waals surface area contributed by atoms with E-state index >= 15 is 0 Å². The molecule has 6 heteroatoms. The third-order valence-corrected chi connectivity index (χ3v) is 2.84. The summed E-state index contributed by atoms with van der Waals surface area (Å²) in [6.45, 7) is 1.88.